The molecule has 0 radical (unpaired) electrons. The molecule has 8 heteroatoms. The quantitative estimate of drug-likeness (QED) is 0.587. The van der Waals surface area contributed by atoms with Crippen LogP contribution in [-0.4, -0.2) is 59.9 Å². The number of piperidine rings is 2. The summed E-state index contributed by atoms with van der Waals surface area (Å²) in [6.45, 7) is 2.19. The van der Waals surface area contributed by atoms with E-state index < -0.39 is 17.5 Å². The summed E-state index contributed by atoms with van der Waals surface area (Å²) in [5.74, 6) is -0.802. The molecule has 0 aliphatic carbocycles. The van der Waals surface area contributed by atoms with E-state index in [0.29, 0.717) is 44.9 Å². The first kappa shape index (κ1) is 23.3. The number of halogens is 2. The van der Waals surface area contributed by atoms with Gasteiger partial charge in [0.1, 0.15) is 17.4 Å². The van der Waals surface area contributed by atoms with Gasteiger partial charge < -0.3 is 19.5 Å². The molecule has 2 aromatic carbocycles. The highest BCUT2D eigenvalue weighted by Crippen LogP contribution is 2.35. The summed E-state index contributed by atoms with van der Waals surface area (Å²) < 4.78 is 32.5. The van der Waals surface area contributed by atoms with E-state index in [-0.39, 0.29) is 17.4 Å². The number of fused-ring (bicyclic) bond motifs is 1. The van der Waals surface area contributed by atoms with Crippen molar-refractivity contribution < 1.29 is 23.1 Å². The number of aromatic amines is 1. The summed E-state index contributed by atoms with van der Waals surface area (Å²) in [6, 6.07) is 9.02. The Morgan fingerprint density at radius 2 is 1.66 bits per heavy atom. The maximum absolute atomic E-state index is 14.0. The lowest BCUT2D eigenvalue weighted by molar-refractivity contribution is -0.138. The fraction of sp³-hybridized carbons (Fsp3) is 0.407. The number of hydrogen-bond acceptors (Lipinski definition) is 3. The zero-order chi connectivity index (χ0) is 24.5. The monoisotopic (exact) mass is 481 g/mol. The number of rotatable bonds is 4. The maximum atomic E-state index is 14.0. The molecule has 2 saturated heterocycles. The van der Waals surface area contributed by atoms with Gasteiger partial charge in [-0.2, -0.15) is 0 Å². The number of aromatic nitrogens is 1. The number of carbonyl (C=O) groups is 2. The summed E-state index contributed by atoms with van der Waals surface area (Å²) in [6.07, 6.45) is 4.97. The minimum absolute atomic E-state index is 0.131. The van der Waals surface area contributed by atoms with Crippen molar-refractivity contribution in [3.63, 3.8) is 0 Å². The Bertz CT molecular complexity index is 1240. The van der Waals surface area contributed by atoms with E-state index in [1.54, 1.807) is 12.0 Å². The standard InChI is InChI=1S/C27H29F2N3O3/c1-35-20-3-5-25-22(15-20)23(16-30-25)17-6-10-31(11-7-17)26(33)18-8-12-32(13-9-18)27(34)21-4-2-19(28)14-24(21)29/h2-5,14-18,30H,6-13H2,1H3. The van der Waals surface area contributed by atoms with Gasteiger partial charge in [0.05, 0.1) is 12.7 Å². The van der Waals surface area contributed by atoms with E-state index in [0.717, 1.165) is 36.2 Å². The first-order chi connectivity index (χ1) is 16.9. The van der Waals surface area contributed by atoms with Crippen LogP contribution in [0.15, 0.2) is 42.6 Å². The molecule has 2 fully saturated rings. The zero-order valence-corrected chi connectivity index (χ0v) is 19.7. The first-order valence-corrected chi connectivity index (χ1v) is 12.1. The van der Waals surface area contributed by atoms with Gasteiger partial charge in [0.2, 0.25) is 5.91 Å². The summed E-state index contributed by atoms with van der Waals surface area (Å²) >= 11 is 0. The second kappa shape index (κ2) is 9.68. The van der Waals surface area contributed by atoms with Gasteiger partial charge in [-0.05, 0) is 67.5 Å². The SMILES string of the molecule is COc1ccc2[nH]cc(C3CCN(C(=O)C4CCN(C(=O)c5ccc(F)cc5F)CC4)CC3)c2c1. The number of ether oxygens (including phenoxy) is 1. The van der Waals surface area contributed by atoms with Crippen LogP contribution in [0.2, 0.25) is 0 Å². The molecule has 2 amide bonds. The van der Waals surface area contributed by atoms with E-state index >= 15 is 0 Å². The fourth-order valence-electron chi connectivity index (χ4n) is 5.42. The highest BCUT2D eigenvalue weighted by atomic mass is 19.1. The van der Waals surface area contributed by atoms with E-state index in [1.165, 1.54) is 17.0 Å². The Morgan fingerprint density at radius 3 is 2.34 bits per heavy atom. The molecule has 6 nitrogen and oxygen atoms in total. The molecule has 0 bridgehead atoms. The van der Waals surface area contributed by atoms with Crippen LogP contribution < -0.4 is 4.74 Å². The fourth-order valence-corrected chi connectivity index (χ4v) is 5.42. The number of H-pyrrole nitrogens is 1. The summed E-state index contributed by atoms with van der Waals surface area (Å²) in [5.41, 5.74) is 2.22. The number of amides is 2. The van der Waals surface area contributed by atoms with E-state index in [2.05, 4.69) is 17.2 Å². The van der Waals surface area contributed by atoms with Crippen molar-refractivity contribution in [2.45, 2.75) is 31.6 Å². The van der Waals surface area contributed by atoms with E-state index in [1.807, 2.05) is 17.0 Å². The molecule has 0 atom stereocenters. The van der Waals surface area contributed by atoms with Gasteiger partial charge in [-0.15, -0.1) is 0 Å². The lowest BCUT2D eigenvalue weighted by Crippen LogP contribution is -2.46. The van der Waals surface area contributed by atoms with Crippen molar-refractivity contribution >= 4 is 22.7 Å². The molecule has 35 heavy (non-hydrogen) atoms. The van der Waals surface area contributed by atoms with Crippen LogP contribution in [0, 0.1) is 17.6 Å². The van der Waals surface area contributed by atoms with Gasteiger partial charge in [-0.25, -0.2) is 8.78 Å². The van der Waals surface area contributed by atoms with E-state index in [9.17, 15) is 18.4 Å². The molecule has 2 aliphatic rings. The Morgan fingerprint density at radius 1 is 0.943 bits per heavy atom. The zero-order valence-electron chi connectivity index (χ0n) is 19.7. The first-order valence-electron chi connectivity index (χ1n) is 12.1. The van der Waals surface area contributed by atoms with Gasteiger partial charge in [0.25, 0.3) is 5.91 Å². The van der Waals surface area contributed by atoms with Crippen LogP contribution in [0.5, 0.6) is 5.75 Å². The smallest absolute Gasteiger partial charge is 0.256 e. The van der Waals surface area contributed by atoms with Gasteiger partial charge in [-0.1, -0.05) is 0 Å². The van der Waals surface area contributed by atoms with Crippen LogP contribution in [0.4, 0.5) is 8.78 Å². The third-order valence-corrected chi connectivity index (χ3v) is 7.46. The van der Waals surface area contributed by atoms with Crippen molar-refractivity contribution in [3.8, 4) is 5.75 Å². The Labute approximate surface area is 202 Å². The van der Waals surface area contributed by atoms with Crippen molar-refractivity contribution in [1.82, 2.24) is 14.8 Å². The molecule has 1 N–H and O–H groups in total. The Kier molecular flexibility index (Phi) is 6.45. The number of carbonyl (C=O) groups excluding carboxylic acids is 2. The van der Waals surface area contributed by atoms with E-state index in [4.69, 9.17) is 4.74 Å². The minimum atomic E-state index is -0.857. The molecule has 3 aromatic rings. The maximum Gasteiger partial charge on any atom is 0.256 e. The molecule has 0 saturated carbocycles. The van der Waals surface area contributed by atoms with Crippen molar-refractivity contribution in [1.29, 1.82) is 0 Å². The number of nitrogens with zero attached hydrogens (tertiary/aromatic N) is 2. The van der Waals surface area contributed by atoms with Crippen LogP contribution in [0.3, 0.4) is 0 Å². The predicted octanol–water partition coefficient (Wildman–Crippen LogP) is 4.71. The second-order valence-corrected chi connectivity index (χ2v) is 9.45. The number of hydrogen-bond donors (Lipinski definition) is 1. The molecule has 5 rings (SSSR count). The van der Waals surface area contributed by atoms with Crippen molar-refractivity contribution in [3.05, 3.63) is 65.4 Å². The number of methoxy groups -OCH3 is 1. The number of benzene rings is 2. The molecule has 3 heterocycles. The number of nitrogens with one attached hydrogen (secondary N) is 1. The second-order valence-electron chi connectivity index (χ2n) is 9.45. The van der Waals surface area contributed by atoms with Gasteiger partial charge in [0.15, 0.2) is 0 Å². The van der Waals surface area contributed by atoms with Crippen molar-refractivity contribution in [2.75, 3.05) is 33.3 Å². The normalized spacial score (nSPS) is 17.7. The highest BCUT2D eigenvalue weighted by Gasteiger charge is 2.33. The Balaban J connectivity index is 1.16. The van der Waals surface area contributed by atoms with Crippen molar-refractivity contribution in [2.24, 2.45) is 5.92 Å². The molecule has 2 aliphatic heterocycles. The molecule has 0 unspecified atom stereocenters. The topological polar surface area (TPSA) is 65.6 Å². The summed E-state index contributed by atoms with van der Waals surface area (Å²) in [4.78, 5) is 32.7. The third-order valence-electron chi connectivity index (χ3n) is 7.46. The lowest BCUT2D eigenvalue weighted by atomic mass is 9.87. The molecular formula is C27H29F2N3O3. The average molecular weight is 482 g/mol. The summed E-state index contributed by atoms with van der Waals surface area (Å²) in [7, 11) is 1.67. The highest BCUT2D eigenvalue weighted by molar-refractivity contribution is 5.94. The average Bonchev–Trinajstić information content (AvgIpc) is 3.31. The third kappa shape index (κ3) is 4.61. The van der Waals surface area contributed by atoms with Crippen LogP contribution in [-0.2, 0) is 4.79 Å². The lowest BCUT2D eigenvalue weighted by Gasteiger charge is -2.37. The molecular weight excluding hydrogens is 452 g/mol. The van der Waals surface area contributed by atoms with Gasteiger partial charge in [-0.3, -0.25) is 9.59 Å². The Hall–Kier alpha value is -3.42. The molecule has 0 spiro atoms. The van der Waals surface area contributed by atoms with Gasteiger partial charge in [0, 0.05) is 55.3 Å². The minimum Gasteiger partial charge on any atom is -0.497 e. The number of likely N-dealkylation sites (tertiary alicyclic amines) is 2. The molecule has 184 valence electrons. The summed E-state index contributed by atoms with van der Waals surface area (Å²) in [5, 5.41) is 1.17. The van der Waals surface area contributed by atoms with Crippen LogP contribution >= 0.6 is 0 Å². The predicted molar refractivity (Wildman–Crippen MR) is 128 cm³/mol. The van der Waals surface area contributed by atoms with Crippen LogP contribution in [0.1, 0.15) is 47.5 Å². The largest absolute Gasteiger partial charge is 0.497 e. The van der Waals surface area contributed by atoms with Gasteiger partial charge >= 0.3 is 0 Å². The van der Waals surface area contributed by atoms with Crippen LogP contribution in [0.25, 0.3) is 10.9 Å². The molecule has 1 aromatic heterocycles.